The van der Waals surface area contributed by atoms with Gasteiger partial charge in [-0.2, -0.15) is 0 Å². The second kappa shape index (κ2) is 8.03. The van der Waals surface area contributed by atoms with Crippen LogP contribution in [0.15, 0.2) is 34.4 Å². The van der Waals surface area contributed by atoms with E-state index in [4.69, 9.17) is 4.74 Å². The quantitative estimate of drug-likeness (QED) is 0.472. The number of rotatable bonds is 5. The number of ether oxygens (including phenoxy) is 1. The molecule has 8 nitrogen and oxygen atoms in total. The highest BCUT2D eigenvalue weighted by molar-refractivity contribution is 7.17. The highest BCUT2D eigenvalue weighted by Crippen LogP contribution is 2.23. The van der Waals surface area contributed by atoms with Gasteiger partial charge in [0.2, 0.25) is 5.78 Å². The molecule has 31 heavy (non-hydrogen) atoms. The van der Waals surface area contributed by atoms with Gasteiger partial charge < -0.3 is 4.74 Å². The van der Waals surface area contributed by atoms with Gasteiger partial charge in [0.05, 0.1) is 19.2 Å². The van der Waals surface area contributed by atoms with Crippen LogP contribution in [0.1, 0.15) is 11.4 Å². The molecule has 1 saturated heterocycles. The van der Waals surface area contributed by atoms with Crippen LogP contribution in [0.5, 0.6) is 5.75 Å². The van der Waals surface area contributed by atoms with E-state index in [9.17, 15) is 9.18 Å². The van der Waals surface area contributed by atoms with Crippen molar-refractivity contribution in [2.75, 3.05) is 33.3 Å². The summed E-state index contributed by atoms with van der Waals surface area (Å²) in [5, 5.41) is 10.6. The molecule has 10 heteroatoms. The minimum absolute atomic E-state index is 0.0437. The van der Waals surface area contributed by atoms with Crippen LogP contribution >= 0.6 is 11.3 Å². The molecule has 0 atom stereocenters. The Morgan fingerprint density at radius 2 is 1.84 bits per heavy atom. The lowest BCUT2D eigenvalue weighted by Gasteiger charge is -2.34. The normalized spacial score (nSPS) is 15.8. The molecule has 0 amide bonds. The van der Waals surface area contributed by atoms with E-state index in [0.29, 0.717) is 29.3 Å². The van der Waals surface area contributed by atoms with Crippen molar-refractivity contribution in [1.29, 1.82) is 0 Å². The van der Waals surface area contributed by atoms with Crippen LogP contribution in [0.4, 0.5) is 4.39 Å². The maximum Gasteiger partial charge on any atom is 0.272 e. The van der Waals surface area contributed by atoms with Crippen molar-refractivity contribution in [3.8, 4) is 5.75 Å². The SMILES string of the molecule is COc1ccc(F)cc1CN1CCN(Cc2nnc3n(C)c(=O)c4sccc4n23)CC1. The molecule has 1 aromatic carbocycles. The van der Waals surface area contributed by atoms with Crippen molar-refractivity contribution in [2.45, 2.75) is 13.1 Å². The Labute approximate surface area is 182 Å². The third-order valence-corrected chi connectivity index (χ3v) is 6.76. The first kappa shape index (κ1) is 20.1. The molecule has 0 spiro atoms. The maximum absolute atomic E-state index is 13.7. The fourth-order valence-electron chi connectivity index (χ4n) is 4.17. The Morgan fingerprint density at radius 3 is 2.58 bits per heavy atom. The van der Waals surface area contributed by atoms with Crippen LogP contribution in [-0.4, -0.2) is 62.3 Å². The van der Waals surface area contributed by atoms with Gasteiger partial charge in [-0.25, -0.2) is 4.39 Å². The summed E-state index contributed by atoms with van der Waals surface area (Å²) in [7, 11) is 3.34. The second-order valence-electron chi connectivity index (χ2n) is 7.76. The Morgan fingerprint density at radius 1 is 1.10 bits per heavy atom. The maximum atomic E-state index is 13.7. The van der Waals surface area contributed by atoms with Gasteiger partial charge >= 0.3 is 0 Å². The van der Waals surface area contributed by atoms with Gasteiger partial charge in [0, 0.05) is 45.3 Å². The standard InChI is InChI=1S/C21H23FN6O2S/c1-25-20(29)19-16(5-10-31-19)28-18(23-24-21(25)28)13-27-8-6-26(7-9-27)12-14-11-15(22)3-4-17(14)30-2/h3-5,10-11H,6-9,12-13H2,1-2H3. The Bertz CT molecular complexity index is 1300. The van der Waals surface area contributed by atoms with Crippen LogP contribution in [0.25, 0.3) is 16.0 Å². The van der Waals surface area contributed by atoms with E-state index >= 15 is 0 Å². The molecular formula is C21H23FN6O2S. The highest BCUT2D eigenvalue weighted by atomic mass is 32.1. The van der Waals surface area contributed by atoms with E-state index in [1.54, 1.807) is 30.9 Å². The lowest BCUT2D eigenvalue weighted by molar-refractivity contribution is 0.119. The summed E-state index contributed by atoms with van der Waals surface area (Å²) in [6.45, 7) is 4.77. The molecule has 5 rings (SSSR count). The predicted molar refractivity (Wildman–Crippen MR) is 117 cm³/mol. The number of hydrogen-bond donors (Lipinski definition) is 0. The Hall–Kier alpha value is -2.82. The summed E-state index contributed by atoms with van der Waals surface area (Å²) in [5.41, 5.74) is 1.68. The summed E-state index contributed by atoms with van der Waals surface area (Å²) in [5.74, 6) is 1.85. The average Bonchev–Trinajstić information content (AvgIpc) is 3.41. The van der Waals surface area contributed by atoms with E-state index in [1.807, 2.05) is 15.8 Å². The molecular weight excluding hydrogens is 419 g/mol. The van der Waals surface area contributed by atoms with E-state index in [1.165, 1.54) is 17.4 Å². The van der Waals surface area contributed by atoms with Gasteiger partial charge in [-0.3, -0.25) is 23.6 Å². The monoisotopic (exact) mass is 442 g/mol. The summed E-state index contributed by atoms with van der Waals surface area (Å²) in [6, 6.07) is 6.59. The molecule has 1 fully saturated rings. The number of methoxy groups -OCH3 is 1. The first-order valence-electron chi connectivity index (χ1n) is 10.1. The number of nitrogens with zero attached hydrogens (tertiary/aromatic N) is 6. The Balaban J connectivity index is 1.31. The van der Waals surface area contributed by atoms with E-state index in [-0.39, 0.29) is 11.4 Å². The zero-order chi connectivity index (χ0) is 21.5. The summed E-state index contributed by atoms with van der Waals surface area (Å²) in [6.07, 6.45) is 0. The second-order valence-corrected chi connectivity index (χ2v) is 8.68. The molecule has 0 N–H and O–H groups in total. The van der Waals surface area contributed by atoms with Crippen molar-refractivity contribution < 1.29 is 9.13 Å². The number of aromatic nitrogens is 4. The van der Waals surface area contributed by atoms with Crippen molar-refractivity contribution in [2.24, 2.45) is 7.05 Å². The number of hydrogen-bond acceptors (Lipinski definition) is 7. The molecule has 0 unspecified atom stereocenters. The first-order chi connectivity index (χ1) is 15.0. The fourth-order valence-corrected chi connectivity index (χ4v) is 5.02. The number of aryl methyl sites for hydroxylation is 1. The molecule has 0 radical (unpaired) electrons. The van der Waals surface area contributed by atoms with E-state index in [0.717, 1.165) is 43.1 Å². The van der Waals surface area contributed by atoms with Gasteiger partial charge in [-0.05, 0) is 29.6 Å². The molecule has 3 aromatic heterocycles. The van der Waals surface area contributed by atoms with Crippen molar-refractivity contribution >= 4 is 27.3 Å². The predicted octanol–water partition coefficient (Wildman–Crippen LogP) is 2.11. The zero-order valence-corrected chi connectivity index (χ0v) is 18.2. The van der Waals surface area contributed by atoms with Crippen LogP contribution in [0.2, 0.25) is 0 Å². The molecule has 0 saturated carbocycles. The van der Waals surface area contributed by atoms with Crippen molar-refractivity contribution in [3.63, 3.8) is 0 Å². The molecule has 0 bridgehead atoms. The molecule has 4 heterocycles. The third kappa shape index (κ3) is 3.60. The fraction of sp³-hybridized carbons (Fsp3) is 0.381. The van der Waals surface area contributed by atoms with Crippen LogP contribution in [0, 0.1) is 5.82 Å². The molecule has 162 valence electrons. The zero-order valence-electron chi connectivity index (χ0n) is 17.4. The number of thiophene rings is 1. The van der Waals surface area contributed by atoms with Gasteiger partial charge in [-0.1, -0.05) is 0 Å². The van der Waals surface area contributed by atoms with E-state index < -0.39 is 0 Å². The summed E-state index contributed by atoms with van der Waals surface area (Å²) in [4.78, 5) is 17.1. The van der Waals surface area contributed by atoms with Crippen molar-refractivity contribution in [3.05, 3.63) is 57.2 Å². The molecule has 0 aliphatic carbocycles. The first-order valence-corrected chi connectivity index (χ1v) is 11.0. The number of piperazine rings is 1. The number of fused-ring (bicyclic) bond motifs is 3. The smallest absolute Gasteiger partial charge is 0.272 e. The van der Waals surface area contributed by atoms with Gasteiger partial charge in [-0.15, -0.1) is 21.5 Å². The van der Waals surface area contributed by atoms with Gasteiger partial charge in [0.1, 0.15) is 16.3 Å². The third-order valence-electron chi connectivity index (χ3n) is 5.86. The average molecular weight is 443 g/mol. The van der Waals surface area contributed by atoms with Crippen molar-refractivity contribution in [1.82, 2.24) is 29.0 Å². The minimum Gasteiger partial charge on any atom is -0.496 e. The van der Waals surface area contributed by atoms with Crippen LogP contribution in [0.3, 0.4) is 0 Å². The molecule has 1 aliphatic rings. The van der Waals surface area contributed by atoms with Gasteiger partial charge in [0.15, 0.2) is 5.82 Å². The highest BCUT2D eigenvalue weighted by Gasteiger charge is 2.22. The Kier molecular flexibility index (Phi) is 5.20. The van der Waals surface area contributed by atoms with Gasteiger partial charge in [0.25, 0.3) is 5.56 Å². The summed E-state index contributed by atoms with van der Waals surface area (Å²) < 4.78 is 23.3. The van der Waals surface area contributed by atoms with Crippen LogP contribution < -0.4 is 10.3 Å². The largest absolute Gasteiger partial charge is 0.496 e. The molecule has 1 aliphatic heterocycles. The number of halogens is 1. The lowest BCUT2D eigenvalue weighted by Crippen LogP contribution is -2.45. The van der Waals surface area contributed by atoms with Crippen LogP contribution in [-0.2, 0) is 20.1 Å². The molecule has 4 aromatic rings. The lowest BCUT2D eigenvalue weighted by atomic mass is 10.1. The number of benzene rings is 1. The minimum atomic E-state index is -0.248. The van der Waals surface area contributed by atoms with E-state index in [2.05, 4.69) is 20.0 Å². The topological polar surface area (TPSA) is 67.9 Å². The summed E-state index contributed by atoms with van der Waals surface area (Å²) >= 11 is 1.44.